The van der Waals surface area contributed by atoms with Crippen molar-refractivity contribution >= 4 is 39.2 Å². The van der Waals surface area contributed by atoms with E-state index in [-0.39, 0.29) is 11.5 Å². The molecule has 0 spiro atoms. The van der Waals surface area contributed by atoms with Crippen LogP contribution in [0.15, 0.2) is 62.4 Å². The van der Waals surface area contributed by atoms with E-state index in [0.717, 1.165) is 5.56 Å². The highest BCUT2D eigenvalue weighted by molar-refractivity contribution is 8.00. The van der Waals surface area contributed by atoms with Gasteiger partial charge in [0.25, 0.3) is 5.56 Å². The van der Waals surface area contributed by atoms with Gasteiger partial charge < -0.3 is 19.2 Å². The van der Waals surface area contributed by atoms with Gasteiger partial charge in [0.1, 0.15) is 10.5 Å². The zero-order chi connectivity index (χ0) is 24.8. The van der Waals surface area contributed by atoms with Crippen molar-refractivity contribution in [3.63, 3.8) is 0 Å². The molecule has 0 radical (unpaired) electrons. The van der Waals surface area contributed by atoms with Gasteiger partial charge in [0.05, 0.1) is 37.8 Å². The van der Waals surface area contributed by atoms with Crippen LogP contribution in [0.25, 0.3) is 10.2 Å². The molecule has 3 aromatic heterocycles. The highest BCUT2D eigenvalue weighted by Gasteiger charge is 2.22. The van der Waals surface area contributed by atoms with Crippen molar-refractivity contribution in [2.75, 3.05) is 14.2 Å². The topological polar surface area (TPSA) is 95.6 Å². The van der Waals surface area contributed by atoms with Crippen molar-refractivity contribution < 1.29 is 18.7 Å². The maximum atomic E-state index is 13.3. The molecule has 0 saturated heterocycles. The molecule has 1 atom stereocenters. The van der Waals surface area contributed by atoms with Crippen molar-refractivity contribution in [1.82, 2.24) is 14.9 Å². The average molecular weight is 514 g/mol. The van der Waals surface area contributed by atoms with Crippen LogP contribution in [0, 0.1) is 0 Å². The number of aromatic nitrogens is 2. The summed E-state index contributed by atoms with van der Waals surface area (Å²) in [7, 11) is 3.19. The van der Waals surface area contributed by atoms with E-state index < -0.39 is 5.25 Å². The number of hydrogen-bond acceptors (Lipinski definition) is 8. The van der Waals surface area contributed by atoms with Gasteiger partial charge in [-0.25, -0.2) is 4.98 Å². The van der Waals surface area contributed by atoms with Crippen LogP contribution < -0.4 is 20.3 Å². The number of furan rings is 1. The molecule has 0 fully saturated rings. The molecule has 0 aliphatic carbocycles. The number of nitrogens with zero attached hydrogens (tertiary/aromatic N) is 2. The molecular weight excluding hydrogens is 486 g/mol. The molecule has 0 aliphatic heterocycles. The number of methoxy groups -OCH3 is 2. The maximum Gasteiger partial charge on any atom is 0.272 e. The number of hydrogen-bond donors (Lipinski definition) is 1. The summed E-state index contributed by atoms with van der Waals surface area (Å²) in [5.74, 6) is 1.85. The van der Waals surface area contributed by atoms with Gasteiger partial charge in [-0.2, -0.15) is 0 Å². The van der Waals surface area contributed by atoms with Crippen molar-refractivity contribution in [2.45, 2.75) is 43.3 Å². The molecule has 4 rings (SSSR count). The van der Waals surface area contributed by atoms with E-state index in [1.807, 2.05) is 42.6 Å². The third-order valence-corrected chi connectivity index (χ3v) is 7.78. The first-order valence-corrected chi connectivity index (χ1v) is 13.0. The third-order valence-electron chi connectivity index (χ3n) is 5.53. The standard InChI is InChI=1S/C25H27N3O5S2/c1-4-21(23(29)26-15-17-6-5-12-33-17)35-25-27-18-10-13-34-22(18)24(30)28(25)11-9-16-7-8-19(31-2)20(14-16)32-3/h5-8,10,12-14,21H,4,9,11,15H2,1-3H3,(H,26,29). The van der Waals surface area contributed by atoms with Crippen LogP contribution in [0.5, 0.6) is 11.5 Å². The van der Waals surface area contributed by atoms with E-state index in [9.17, 15) is 9.59 Å². The predicted octanol–water partition coefficient (Wildman–Crippen LogP) is 4.50. The molecule has 1 unspecified atom stereocenters. The number of benzene rings is 1. The molecule has 0 aliphatic rings. The van der Waals surface area contributed by atoms with E-state index in [0.29, 0.717) is 58.6 Å². The van der Waals surface area contributed by atoms with Crippen LogP contribution in [-0.4, -0.2) is 34.9 Å². The Morgan fingerprint density at radius 2 is 2.06 bits per heavy atom. The summed E-state index contributed by atoms with van der Waals surface area (Å²) in [4.78, 5) is 31.0. The molecule has 8 nitrogen and oxygen atoms in total. The smallest absolute Gasteiger partial charge is 0.272 e. The van der Waals surface area contributed by atoms with E-state index in [4.69, 9.17) is 18.9 Å². The second-order valence-corrected chi connectivity index (χ2v) is 9.82. The summed E-state index contributed by atoms with van der Waals surface area (Å²) in [5.41, 5.74) is 1.55. The molecule has 1 amide bonds. The Labute approximate surface area is 211 Å². The number of fused-ring (bicyclic) bond motifs is 1. The highest BCUT2D eigenvalue weighted by atomic mass is 32.2. The first-order valence-electron chi connectivity index (χ1n) is 11.2. The van der Waals surface area contributed by atoms with Gasteiger partial charge in [0.15, 0.2) is 16.7 Å². The lowest BCUT2D eigenvalue weighted by Gasteiger charge is -2.17. The zero-order valence-electron chi connectivity index (χ0n) is 19.8. The minimum Gasteiger partial charge on any atom is -0.493 e. The number of thioether (sulfide) groups is 1. The molecule has 1 N–H and O–H groups in total. The van der Waals surface area contributed by atoms with Gasteiger partial charge in [0, 0.05) is 6.54 Å². The van der Waals surface area contributed by atoms with Crippen LogP contribution in [0.4, 0.5) is 0 Å². The van der Waals surface area contributed by atoms with Crippen LogP contribution in [0.1, 0.15) is 24.7 Å². The average Bonchev–Trinajstić information content (AvgIpc) is 3.57. The second kappa shape index (κ2) is 11.5. The zero-order valence-corrected chi connectivity index (χ0v) is 21.4. The normalized spacial score (nSPS) is 12.0. The number of aryl methyl sites for hydroxylation is 1. The number of rotatable bonds is 11. The Morgan fingerprint density at radius 3 is 2.77 bits per heavy atom. The van der Waals surface area contributed by atoms with Crippen molar-refractivity contribution in [1.29, 1.82) is 0 Å². The van der Waals surface area contributed by atoms with Crippen molar-refractivity contribution in [2.24, 2.45) is 0 Å². The van der Waals surface area contributed by atoms with E-state index in [2.05, 4.69) is 5.32 Å². The largest absolute Gasteiger partial charge is 0.493 e. The van der Waals surface area contributed by atoms with Gasteiger partial charge in [-0.1, -0.05) is 24.8 Å². The molecule has 0 bridgehead atoms. The highest BCUT2D eigenvalue weighted by Crippen LogP contribution is 2.29. The number of carbonyl (C=O) groups excluding carboxylic acids is 1. The molecule has 3 heterocycles. The summed E-state index contributed by atoms with van der Waals surface area (Å²) in [6.45, 7) is 2.67. The third kappa shape index (κ3) is 5.71. The summed E-state index contributed by atoms with van der Waals surface area (Å²) in [5, 5.41) is 4.90. The van der Waals surface area contributed by atoms with Crippen LogP contribution in [0.3, 0.4) is 0 Å². The minimum atomic E-state index is -0.403. The van der Waals surface area contributed by atoms with Crippen LogP contribution in [0.2, 0.25) is 0 Å². The number of nitrogens with one attached hydrogen (secondary N) is 1. The molecule has 184 valence electrons. The van der Waals surface area contributed by atoms with E-state index in [1.54, 1.807) is 31.1 Å². The molecule has 35 heavy (non-hydrogen) atoms. The lowest BCUT2D eigenvalue weighted by atomic mass is 10.1. The quantitative estimate of drug-likeness (QED) is 0.233. The maximum absolute atomic E-state index is 13.3. The fourth-order valence-corrected chi connectivity index (χ4v) is 5.48. The second-order valence-electron chi connectivity index (χ2n) is 7.74. The molecule has 10 heteroatoms. The lowest BCUT2D eigenvalue weighted by molar-refractivity contribution is -0.120. The van der Waals surface area contributed by atoms with Gasteiger partial charge in [-0.3, -0.25) is 14.2 Å². The van der Waals surface area contributed by atoms with E-state index >= 15 is 0 Å². The fourth-order valence-electron chi connectivity index (χ4n) is 3.64. The Morgan fingerprint density at radius 1 is 1.23 bits per heavy atom. The molecule has 1 aromatic carbocycles. The molecular formula is C25H27N3O5S2. The van der Waals surface area contributed by atoms with Crippen LogP contribution >= 0.6 is 23.1 Å². The Kier molecular flexibility index (Phi) is 8.14. The molecule has 0 saturated carbocycles. The van der Waals surface area contributed by atoms with Gasteiger partial charge in [-0.05, 0) is 54.1 Å². The first-order chi connectivity index (χ1) is 17.0. The monoisotopic (exact) mass is 513 g/mol. The Bertz CT molecular complexity index is 1350. The summed E-state index contributed by atoms with van der Waals surface area (Å²) in [6.07, 6.45) is 2.75. The molecule has 4 aromatic rings. The number of amides is 1. The van der Waals surface area contributed by atoms with Gasteiger partial charge >= 0.3 is 0 Å². The summed E-state index contributed by atoms with van der Waals surface area (Å²) in [6, 6.07) is 11.1. The Balaban J connectivity index is 1.57. The Hall–Kier alpha value is -3.24. The summed E-state index contributed by atoms with van der Waals surface area (Å²) >= 11 is 2.69. The van der Waals surface area contributed by atoms with Crippen LogP contribution in [-0.2, 0) is 24.3 Å². The van der Waals surface area contributed by atoms with Crippen molar-refractivity contribution in [3.05, 3.63) is 69.7 Å². The number of carbonyl (C=O) groups is 1. The number of thiophene rings is 1. The fraction of sp³-hybridized carbons (Fsp3) is 0.320. The lowest BCUT2D eigenvalue weighted by Crippen LogP contribution is -2.33. The van der Waals surface area contributed by atoms with Crippen molar-refractivity contribution in [3.8, 4) is 11.5 Å². The summed E-state index contributed by atoms with van der Waals surface area (Å²) < 4.78 is 18.3. The number of ether oxygens (including phenoxy) is 2. The van der Waals surface area contributed by atoms with E-state index in [1.165, 1.54) is 23.1 Å². The van der Waals surface area contributed by atoms with Gasteiger partial charge in [-0.15, -0.1) is 11.3 Å². The predicted molar refractivity (Wildman–Crippen MR) is 138 cm³/mol. The first kappa shape index (κ1) is 24.9. The van der Waals surface area contributed by atoms with Gasteiger partial charge in [0.2, 0.25) is 5.91 Å². The SMILES string of the molecule is CCC(Sc1nc2ccsc2c(=O)n1CCc1ccc(OC)c(OC)c1)C(=O)NCc1ccco1. The minimum absolute atomic E-state index is 0.0983.